The van der Waals surface area contributed by atoms with Crippen LogP contribution in [0.25, 0.3) is 0 Å². The van der Waals surface area contributed by atoms with Crippen molar-refractivity contribution in [3.05, 3.63) is 19.6 Å². The second-order valence-corrected chi connectivity index (χ2v) is 13.1. The van der Waals surface area contributed by atoms with Crippen LogP contribution >= 0.6 is 47.1 Å². The topological polar surface area (TPSA) is 71.1 Å². The molecule has 2 fully saturated rings. The van der Waals surface area contributed by atoms with Crippen molar-refractivity contribution < 1.29 is 27.2 Å². The van der Waals surface area contributed by atoms with E-state index in [1.807, 2.05) is 0 Å². The first kappa shape index (κ1) is 22.0. The second kappa shape index (κ2) is 7.70. The predicted molar refractivity (Wildman–Crippen MR) is 115 cm³/mol. The third-order valence-corrected chi connectivity index (χ3v) is 13.4. The van der Waals surface area contributed by atoms with E-state index in [9.17, 15) is 9.13 Å². The van der Waals surface area contributed by atoms with Gasteiger partial charge in [0.25, 0.3) is 0 Å². The van der Waals surface area contributed by atoms with E-state index >= 15 is 0 Å². The lowest BCUT2D eigenvalue weighted by Crippen LogP contribution is -2.24. The largest absolute Gasteiger partial charge is 0.364 e. The van der Waals surface area contributed by atoms with Crippen LogP contribution in [0.3, 0.4) is 0 Å². The van der Waals surface area contributed by atoms with E-state index in [1.165, 1.54) is 0 Å². The minimum Gasteiger partial charge on any atom is -0.305 e. The minimum absolute atomic E-state index is 0.229. The Labute approximate surface area is 183 Å². The van der Waals surface area contributed by atoms with Crippen molar-refractivity contribution in [1.82, 2.24) is 0 Å². The van der Waals surface area contributed by atoms with Crippen molar-refractivity contribution in [2.45, 2.75) is 76.4 Å². The molecule has 0 aromatic rings. The monoisotopic (exact) mass is 558 g/mol. The zero-order valence-corrected chi connectivity index (χ0v) is 21.1. The Balaban J connectivity index is 1.94. The first-order chi connectivity index (χ1) is 13.3. The van der Waals surface area contributed by atoms with Crippen LogP contribution in [0, 0.1) is 0 Å². The summed E-state index contributed by atoms with van der Waals surface area (Å²) in [6.07, 6.45) is 6.95. The van der Waals surface area contributed by atoms with E-state index in [4.69, 9.17) is 18.1 Å². The van der Waals surface area contributed by atoms with Crippen LogP contribution in [0.1, 0.15) is 65.2 Å². The van der Waals surface area contributed by atoms with Gasteiger partial charge >= 0.3 is 15.2 Å². The average molecular weight is 560 g/mol. The number of halogens is 2. The molecule has 4 rings (SSSR count). The van der Waals surface area contributed by atoms with Crippen molar-refractivity contribution in [3.63, 3.8) is 0 Å². The number of hydrogen-bond donors (Lipinski definition) is 0. The summed E-state index contributed by atoms with van der Waals surface area (Å²) in [7, 11) is -7.37. The Morgan fingerprint density at radius 2 is 1.11 bits per heavy atom. The molecule has 2 spiro atoms. The van der Waals surface area contributed by atoms with E-state index in [1.54, 1.807) is 13.8 Å². The third kappa shape index (κ3) is 3.17. The smallest absolute Gasteiger partial charge is 0.305 e. The Morgan fingerprint density at radius 1 is 0.786 bits per heavy atom. The Morgan fingerprint density at radius 3 is 1.39 bits per heavy atom. The van der Waals surface area contributed by atoms with Crippen molar-refractivity contribution in [2.75, 3.05) is 13.2 Å². The fraction of sp³-hybridized carbons (Fsp3) is 0.778. The highest BCUT2D eigenvalue weighted by Crippen LogP contribution is 2.81. The molecule has 6 nitrogen and oxygen atoms in total. The van der Waals surface area contributed by atoms with E-state index in [-0.39, 0.29) is 13.2 Å². The van der Waals surface area contributed by atoms with Crippen LogP contribution < -0.4 is 0 Å². The molecule has 0 aromatic heterocycles. The molecule has 0 saturated heterocycles. The van der Waals surface area contributed by atoms with E-state index in [2.05, 4.69) is 31.9 Å². The molecular weight excluding hydrogens is 534 g/mol. The molecule has 10 heteroatoms. The van der Waals surface area contributed by atoms with Gasteiger partial charge in [0.05, 0.1) is 23.8 Å². The maximum absolute atomic E-state index is 13.9. The van der Waals surface area contributed by atoms with Crippen molar-refractivity contribution in [1.29, 1.82) is 0 Å². The predicted octanol–water partition coefficient (Wildman–Crippen LogP) is 7.34. The van der Waals surface area contributed by atoms with Gasteiger partial charge in [0, 0.05) is 8.96 Å². The molecule has 0 aromatic carbocycles. The Bertz CT molecular complexity index is 756. The lowest BCUT2D eigenvalue weighted by Gasteiger charge is -2.25. The molecule has 0 bridgehead atoms. The molecule has 2 saturated carbocycles. The van der Waals surface area contributed by atoms with E-state index in [0.29, 0.717) is 19.6 Å². The first-order valence-corrected chi connectivity index (χ1v) is 14.7. The summed E-state index contributed by atoms with van der Waals surface area (Å²) in [5.41, 5.74) is -1.36. The summed E-state index contributed by atoms with van der Waals surface area (Å²) in [5.74, 6) is 0. The van der Waals surface area contributed by atoms with Crippen LogP contribution in [-0.4, -0.2) is 24.4 Å². The van der Waals surface area contributed by atoms with Gasteiger partial charge in [-0.3, -0.25) is 18.2 Å². The van der Waals surface area contributed by atoms with Crippen molar-refractivity contribution >= 4 is 47.1 Å². The van der Waals surface area contributed by atoms with Gasteiger partial charge in [0.15, 0.2) is 0 Å². The molecule has 2 atom stereocenters. The van der Waals surface area contributed by atoms with Gasteiger partial charge in [-0.05, 0) is 39.5 Å². The van der Waals surface area contributed by atoms with Gasteiger partial charge < -0.3 is 9.05 Å². The Hall–Kier alpha value is 0.740. The highest BCUT2D eigenvalue weighted by atomic mass is 79.9. The van der Waals surface area contributed by atoms with Crippen molar-refractivity contribution in [3.8, 4) is 0 Å². The molecule has 158 valence electrons. The van der Waals surface area contributed by atoms with Gasteiger partial charge in [0.2, 0.25) is 0 Å². The van der Waals surface area contributed by atoms with Crippen LogP contribution in [0.2, 0.25) is 0 Å². The highest BCUT2D eigenvalue weighted by Gasteiger charge is 2.63. The van der Waals surface area contributed by atoms with Gasteiger partial charge in [-0.2, -0.15) is 0 Å². The average Bonchev–Trinajstić information content (AvgIpc) is 3.36. The van der Waals surface area contributed by atoms with Gasteiger partial charge in [-0.1, -0.05) is 57.5 Å². The molecule has 0 N–H and O–H groups in total. The Kier molecular flexibility index (Phi) is 6.04. The van der Waals surface area contributed by atoms with Crippen LogP contribution in [-0.2, 0) is 27.2 Å². The summed E-state index contributed by atoms with van der Waals surface area (Å²) in [6.45, 7) is 4.02. The highest BCUT2D eigenvalue weighted by molar-refractivity contribution is 9.12. The van der Waals surface area contributed by atoms with Gasteiger partial charge in [0.1, 0.15) is 11.2 Å². The third-order valence-electron chi connectivity index (χ3n) is 6.00. The maximum atomic E-state index is 13.9. The molecule has 4 aliphatic rings. The molecule has 2 unspecified atom stereocenters. The molecule has 0 amide bonds. The number of allylic oxidation sites excluding steroid dienone is 2. The second-order valence-electron chi connectivity index (χ2n) is 7.74. The molecular formula is C18H26Br2O6P2. The molecule has 2 aliphatic carbocycles. The zero-order chi connectivity index (χ0) is 20.2. The summed E-state index contributed by atoms with van der Waals surface area (Å²) in [5, 5.41) is 0.701. The van der Waals surface area contributed by atoms with Crippen molar-refractivity contribution in [2.24, 2.45) is 0 Å². The van der Waals surface area contributed by atoms with Gasteiger partial charge in [-0.15, -0.1) is 0 Å². The standard InChI is InChI=1S/C18H26Br2O6P2/c1-3-23-27(21)13(15(19)17(25-27)9-5-6-10-17)14-16(20)18(11-7-8-12-18)26-28(14,22)24-4-2/h3-12H2,1-2H3. The first-order valence-electron chi connectivity index (χ1n) is 9.98. The maximum Gasteiger partial charge on any atom is 0.364 e. The van der Waals surface area contributed by atoms with Crippen LogP contribution in [0.4, 0.5) is 0 Å². The minimum atomic E-state index is -3.69. The molecule has 0 radical (unpaired) electrons. The van der Waals surface area contributed by atoms with Gasteiger partial charge in [-0.25, -0.2) is 0 Å². The molecule has 2 aliphatic heterocycles. The SMILES string of the molecule is CCOP1(=O)OC2(CCCC2)C(Br)=C1C1=C(Br)C2(CCCC2)OP1(=O)OCC. The number of hydrogen-bond acceptors (Lipinski definition) is 6. The summed E-state index contributed by atoms with van der Waals surface area (Å²) < 4.78 is 53.0. The van der Waals surface area contributed by atoms with E-state index in [0.717, 1.165) is 51.4 Å². The zero-order valence-electron chi connectivity index (χ0n) is 16.2. The van der Waals surface area contributed by atoms with Crippen LogP contribution in [0.5, 0.6) is 0 Å². The quantitative estimate of drug-likeness (QED) is 0.328. The van der Waals surface area contributed by atoms with Crippen LogP contribution in [0.15, 0.2) is 19.6 Å². The fourth-order valence-electron chi connectivity index (χ4n) is 4.81. The lowest BCUT2D eigenvalue weighted by molar-refractivity contribution is 0.106. The summed E-state index contributed by atoms with van der Waals surface area (Å²) >= 11 is 7.37. The molecule has 28 heavy (non-hydrogen) atoms. The number of rotatable bonds is 5. The van der Waals surface area contributed by atoms with E-state index < -0.39 is 26.4 Å². The normalized spacial score (nSPS) is 36.6. The lowest BCUT2D eigenvalue weighted by atomic mass is 9.99. The molecule has 2 heterocycles. The summed E-state index contributed by atoms with van der Waals surface area (Å²) in [4.78, 5) is 0. The summed E-state index contributed by atoms with van der Waals surface area (Å²) in [6, 6.07) is 0. The fourth-order valence-corrected chi connectivity index (χ4v) is 13.1.